The van der Waals surface area contributed by atoms with E-state index in [9.17, 15) is 4.39 Å². The quantitative estimate of drug-likeness (QED) is 0.825. The molecule has 0 bridgehead atoms. The van der Waals surface area contributed by atoms with E-state index in [1.54, 1.807) is 6.07 Å². The number of nitrogens with one attached hydrogen (secondary N) is 1. The molecule has 0 saturated heterocycles. The van der Waals surface area contributed by atoms with Gasteiger partial charge in [-0.3, -0.25) is 0 Å². The van der Waals surface area contributed by atoms with Gasteiger partial charge in [-0.1, -0.05) is 45.9 Å². The van der Waals surface area contributed by atoms with Crippen LogP contribution in [0.1, 0.15) is 33.3 Å². The van der Waals surface area contributed by atoms with Crippen molar-refractivity contribution in [2.75, 3.05) is 0 Å². The second-order valence-corrected chi connectivity index (χ2v) is 5.85. The summed E-state index contributed by atoms with van der Waals surface area (Å²) in [5.41, 5.74) is 1.36. The molecule has 1 aromatic carbocycles. The van der Waals surface area contributed by atoms with E-state index in [-0.39, 0.29) is 5.82 Å². The van der Waals surface area contributed by atoms with Crippen LogP contribution in [0.25, 0.3) is 0 Å². The zero-order valence-corrected chi connectivity index (χ0v) is 10.5. The van der Waals surface area contributed by atoms with Crippen LogP contribution in [0.3, 0.4) is 0 Å². The maximum atomic E-state index is 13.4. The molecule has 0 amide bonds. The van der Waals surface area contributed by atoms with Crippen molar-refractivity contribution in [2.24, 2.45) is 10.8 Å². The monoisotopic (exact) mass is 221 g/mol. The molecule has 2 heteroatoms. The zero-order chi connectivity index (χ0) is 12.0. The molecule has 88 valence electrons. The van der Waals surface area contributed by atoms with E-state index in [0.717, 1.165) is 5.56 Å². The first-order valence-electron chi connectivity index (χ1n) is 5.84. The topological polar surface area (TPSA) is 12.0 Å². The lowest BCUT2D eigenvalue weighted by Crippen LogP contribution is -2.22. The predicted octanol–water partition coefficient (Wildman–Crippen LogP) is 3.35. The SMILES string of the molecule is CC1(C)C(NCc2ccccc2F)C1(C)C. The van der Waals surface area contributed by atoms with Crippen LogP contribution < -0.4 is 5.32 Å². The standard InChI is InChI=1S/C14H20FN/c1-13(2)12(14(13,3)4)16-9-10-7-5-6-8-11(10)15/h5-8,12,16H,9H2,1-4H3. The third-order valence-electron chi connectivity index (χ3n) is 4.48. The van der Waals surface area contributed by atoms with Crippen molar-refractivity contribution in [3.63, 3.8) is 0 Å². The van der Waals surface area contributed by atoms with E-state index in [0.29, 0.717) is 23.4 Å². The molecule has 0 aliphatic heterocycles. The Bertz CT molecular complexity index is 381. The highest BCUT2D eigenvalue weighted by Crippen LogP contribution is 2.62. The summed E-state index contributed by atoms with van der Waals surface area (Å²) in [6.07, 6.45) is 0. The van der Waals surface area contributed by atoms with Gasteiger partial charge in [0.25, 0.3) is 0 Å². The fourth-order valence-electron chi connectivity index (χ4n) is 2.56. The van der Waals surface area contributed by atoms with Crippen LogP contribution in [0.4, 0.5) is 4.39 Å². The number of rotatable bonds is 3. The molecular formula is C14H20FN. The molecule has 1 aliphatic rings. The molecule has 1 aromatic rings. The van der Waals surface area contributed by atoms with Crippen molar-refractivity contribution in [3.05, 3.63) is 35.6 Å². The summed E-state index contributed by atoms with van der Waals surface area (Å²) in [5.74, 6) is -0.119. The van der Waals surface area contributed by atoms with Crippen LogP contribution in [0.15, 0.2) is 24.3 Å². The van der Waals surface area contributed by atoms with Crippen molar-refractivity contribution in [1.82, 2.24) is 5.32 Å². The second-order valence-electron chi connectivity index (χ2n) is 5.85. The van der Waals surface area contributed by atoms with Crippen LogP contribution in [-0.2, 0) is 6.54 Å². The maximum absolute atomic E-state index is 13.4. The largest absolute Gasteiger partial charge is 0.309 e. The Kier molecular flexibility index (Phi) is 2.58. The highest BCUT2D eigenvalue weighted by Gasteiger charge is 2.64. The smallest absolute Gasteiger partial charge is 0.127 e. The third kappa shape index (κ3) is 1.65. The van der Waals surface area contributed by atoms with E-state index in [4.69, 9.17) is 0 Å². The van der Waals surface area contributed by atoms with Gasteiger partial charge in [0.1, 0.15) is 5.82 Å². The van der Waals surface area contributed by atoms with Crippen LogP contribution in [0, 0.1) is 16.6 Å². The van der Waals surface area contributed by atoms with Crippen LogP contribution in [0.2, 0.25) is 0 Å². The first kappa shape index (κ1) is 11.6. The summed E-state index contributed by atoms with van der Waals surface area (Å²) < 4.78 is 13.4. The maximum Gasteiger partial charge on any atom is 0.127 e. The minimum atomic E-state index is -0.119. The molecule has 0 heterocycles. The van der Waals surface area contributed by atoms with E-state index in [2.05, 4.69) is 33.0 Å². The molecule has 1 N–H and O–H groups in total. The van der Waals surface area contributed by atoms with E-state index < -0.39 is 0 Å². The molecule has 1 aliphatic carbocycles. The van der Waals surface area contributed by atoms with Crippen LogP contribution in [0.5, 0.6) is 0 Å². The molecule has 1 nitrogen and oxygen atoms in total. The lowest BCUT2D eigenvalue weighted by atomic mass is 10.0. The molecule has 0 aromatic heterocycles. The number of hydrogen-bond acceptors (Lipinski definition) is 1. The average Bonchev–Trinajstić information content (AvgIpc) is 2.58. The van der Waals surface area contributed by atoms with E-state index in [1.165, 1.54) is 6.07 Å². The molecule has 2 rings (SSSR count). The van der Waals surface area contributed by atoms with Crippen molar-refractivity contribution >= 4 is 0 Å². The Hall–Kier alpha value is -0.890. The van der Waals surface area contributed by atoms with Gasteiger partial charge in [-0.25, -0.2) is 4.39 Å². The van der Waals surface area contributed by atoms with Gasteiger partial charge in [-0.2, -0.15) is 0 Å². The number of benzene rings is 1. The summed E-state index contributed by atoms with van der Waals surface area (Å²) in [6, 6.07) is 7.43. The molecule has 0 atom stereocenters. The van der Waals surface area contributed by atoms with Gasteiger partial charge in [-0.15, -0.1) is 0 Å². The minimum absolute atomic E-state index is 0.119. The van der Waals surface area contributed by atoms with E-state index >= 15 is 0 Å². The first-order chi connectivity index (χ1) is 7.37. The average molecular weight is 221 g/mol. The molecule has 1 fully saturated rings. The van der Waals surface area contributed by atoms with E-state index in [1.807, 2.05) is 12.1 Å². The van der Waals surface area contributed by atoms with Crippen molar-refractivity contribution in [2.45, 2.75) is 40.3 Å². The summed E-state index contributed by atoms with van der Waals surface area (Å²) >= 11 is 0. The summed E-state index contributed by atoms with van der Waals surface area (Å²) in [5, 5.41) is 3.45. The zero-order valence-electron chi connectivity index (χ0n) is 10.5. The van der Waals surface area contributed by atoms with Gasteiger partial charge in [0.2, 0.25) is 0 Å². The Morgan fingerprint density at radius 1 is 1.12 bits per heavy atom. The summed E-state index contributed by atoms with van der Waals surface area (Å²) in [7, 11) is 0. The lowest BCUT2D eigenvalue weighted by molar-refractivity contribution is 0.457. The van der Waals surface area contributed by atoms with Crippen molar-refractivity contribution in [1.29, 1.82) is 0 Å². The molecule has 0 spiro atoms. The summed E-state index contributed by atoms with van der Waals surface area (Å²) in [6.45, 7) is 9.64. The Labute approximate surface area is 97.1 Å². The van der Waals surface area contributed by atoms with Gasteiger partial charge < -0.3 is 5.32 Å². The minimum Gasteiger partial charge on any atom is -0.309 e. The molecule has 16 heavy (non-hydrogen) atoms. The molecular weight excluding hydrogens is 201 g/mol. The first-order valence-corrected chi connectivity index (χ1v) is 5.84. The predicted molar refractivity (Wildman–Crippen MR) is 64.6 cm³/mol. The van der Waals surface area contributed by atoms with Crippen molar-refractivity contribution in [3.8, 4) is 0 Å². The lowest BCUT2D eigenvalue weighted by Gasteiger charge is -2.07. The van der Waals surface area contributed by atoms with Gasteiger partial charge in [0.15, 0.2) is 0 Å². The third-order valence-corrected chi connectivity index (χ3v) is 4.48. The Morgan fingerprint density at radius 2 is 1.69 bits per heavy atom. The Morgan fingerprint density at radius 3 is 2.19 bits per heavy atom. The van der Waals surface area contributed by atoms with Gasteiger partial charge in [0.05, 0.1) is 0 Å². The van der Waals surface area contributed by atoms with Crippen LogP contribution in [-0.4, -0.2) is 6.04 Å². The number of hydrogen-bond donors (Lipinski definition) is 1. The van der Waals surface area contributed by atoms with Gasteiger partial charge in [0, 0.05) is 18.2 Å². The number of halogens is 1. The second kappa shape index (κ2) is 3.56. The van der Waals surface area contributed by atoms with Crippen LogP contribution >= 0.6 is 0 Å². The fraction of sp³-hybridized carbons (Fsp3) is 0.571. The fourth-order valence-corrected chi connectivity index (χ4v) is 2.56. The van der Waals surface area contributed by atoms with Crippen molar-refractivity contribution < 1.29 is 4.39 Å². The summed E-state index contributed by atoms with van der Waals surface area (Å²) in [4.78, 5) is 0. The molecule has 0 unspecified atom stereocenters. The Balaban J connectivity index is 1.98. The van der Waals surface area contributed by atoms with Gasteiger partial charge >= 0.3 is 0 Å². The van der Waals surface area contributed by atoms with Gasteiger partial charge in [-0.05, 0) is 16.9 Å². The normalized spacial score (nSPS) is 22.1. The highest BCUT2D eigenvalue weighted by molar-refractivity contribution is 5.21. The highest BCUT2D eigenvalue weighted by atomic mass is 19.1. The molecule has 1 saturated carbocycles. The molecule has 0 radical (unpaired) electrons.